The number of alkyl halides is 1. The van der Waals surface area contributed by atoms with Gasteiger partial charge in [0.15, 0.2) is 5.78 Å². The molecule has 3 nitrogen and oxygen atoms in total. The van der Waals surface area contributed by atoms with E-state index in [9.17, 15) is 9.59 Å². The molecule has 17 heavy (non-hydrogen) atoms. The summed E-state index contributed by atoms with van der Waals surface area (Å²) in [6.45, 7) is 5.43. The minimum atomic E-state index is -0.233. The SMILES string of the molecule is CC(=O)c1cccc(NC(=O)C(Br)C(C)C)c1. The molecule has 0 bridgehead atoms. The second-order valence-corrected chi connectivity index (χ2v) is 5.26. The fraction of sp³-hybridized carbons (Fsp3) is 0.385. The average Bonchev–Trinajstić information content (AvgIpc) is 2.28. The molecule has 0 saturated carbocycles. The normalized spacial score (nSPS) is 12.3. The number of ketones is 1. The first-order valence-corrected chi connectivity index (χ1v) is 6.39. The average molecular weight is 298 g/mol. The first kappa shape index (κ1) is 13.9. The van der Waals surface area contributed by atoms with Crippen LogP contribution in [0.15, 0.2) is 24.3 Å². The van der Waals surface area contributed by atoms with E-state index in [0.29, 0.717) is 11.3 Å². The molecule has 1 aromatic rings. The molecule has 0 aliphatic carbocycles. The number of rotatable bonds is 4. The highest BCUT2D eigenvalue weighted by atomic mass is 79.9. The van der Waals surface area contributed by atoms with Crippen LogP contribution in [-0.2, 0) is 4.79 Å². The third-order valence-corrected chi connectivity index (χ3v) is 3.85. The van der Waals surface area contributed by atoms with Crippen molar-refractivity contribution < 1.29 is 9.59 Å². The van der Waals surface area contributed by atoms with E-state index in [-0.39, 0.29) is 22.4 Å². The molecule has 92 valence electrons. The Morgan fingerprint density at radius 1 is 1.29 bits per heavy atom. The second-order valence-electron chi connectivity index (χ2n) is 4.27. The van der Waals surface area contributed by atoms with Crippen molar-refractivity contribution >= 4 is 33.3 Å². The highest BCUT2D eigenvalue weighted by Gasteiger charge is 2.18. The van der Waals surface area contributed by atoms with Crippen molar-refractivity contribution in [3.8, 4) is 0 Å². The molecule has 1 atom stereocenters. The van der Waals surface area contributed by atoms with Gasteiger partial charge in [0.2, 0.25) is 5.91 Å². The van der Waals surface area contributed by atoms with Crippen LogP contribution in [0.5, 0.6) is 0 Å². The zero-order valence-corrected chi connectivity index (χ0v) is 11.7. The third kappa shape index (κ3) is 3.97. The highest BCUT2D eigenvalue weighted by molar-refractivity contribution is 9.10. The number of anilines is 1. The van der Waals surface area contributed by atoms with Gasteiger partial charge in [-0.2, -0.15) is 0 Å². The molecule has 0 heterocycles. The fourth-order valence-electron chi connectivity index (χ4n) is 1.33. The predicted molar refractivity (Wildman–Crippen MR) is 72.6 cm³/mol. The number of benzene rings is 1. The van der Waals surface area contributed by atoms with E-state index in [1.54, 1.807) is 24.3 Å². The monoisotopic (exact) mass is 297 g/mol. The van der Waals surface area contributed by atoms with Crippen LogP contribution in [0.3, 0.4) is 0 Å². The zero-order chi connectivity index (χ0) is 13.0. The first-order chi connectivity index (χ1) is 7.91. The van der Waals surface area contributed by atoms with Gasteiger partial charge in [0.1, 0.15) is 0 Å². The molecule has 0 aliphatic rings. The molecule has 0 aromatic heterocycles. The summed E-state index contributed by atoms with van der Waals surface area (Å²) in [5.74, 6) is 0.104. The lowest BCUT2D eigenvalue weighted by molar-refractivity contribution is -0.116. The molecule has 0 spiro atoms. The number of amides is 1. The van der Waals surface area contributed by atoms with Crippen molar-refractivity contribution in [2.24, 2.45) is 5.92 Å². The molecule has 0 radical (unpaired) electrons. The Kier molecular flexibility index (Phi) is 4.87. The largest absolute Gasteiger partial charge is 0.325 e. The van der Waals surface area contributed by atoms with Gasteiger partial charge in [-0.3, -0.25) is 9.59 Å². The van der Waals surface area contributed by atoms with E-state index < -0.39 is 0 Å². The van der Waals surface area contributed by atoms with Crippen LogP contribution >= 0.6 is 15.9 Å². The summed E-state index contributed by atoms with van der Waals surface area (Å²) in [6.07, 6.45) is 0. The van der Waals surface area contributed by atoms with Crippen LogP contribution in [0.1, 0.15) is 31.1 Å². The molecule has 0 saturated heterocycles. The minimum absolute atomic E-state index is 0.0136. The summed E-state index contributed by atoms with van der Waals surface area (Å²) in [4.78, 5) is 22.8. The van der Waals surface area contributed by atoms with Gasteiger partial charge in [-0.05, 0) is 25.0 Å². The van der Waals surface area contributed by atoms with Gasteiger partial charge in [-0.25, -0.2) is 0 Å². The highest BCUT2D eigenvalue weighted by Crippen LogP contribution is 2.16. The van der Waals surface area contributed by atoms with Crippen molar-refractivity contribution in [1.82, 2.24) is 0 Å². The Hall–Kier alpha value is -1.16. The quantitative estimate of drug-likeness (QED) is 0.685. The Morgan fingerprint density at radius 2 is 1.94 bits per heavy atom. The number of hydrogen-bond donors (Lipinski definition) is 1. The number of halogens is 1. The number of Topliss-reactive ketones (excluding diaryl/α,β-unsaturated/α-hetero) is 1. The number of carbonyl (C=O) groups is 2. The molecule has 0 aliphatic heterocycles. The first-order valence-electron chi connectivity index (χ1n) is 5.47. The molecule has 1 rings (SSSR count). The summed E-state index contributed by atoms with van der Waals surface area (Å²) in [6, 6.07) is 6.93. The van der Waals surface area contributed by atoms with Crippen molar-refractivity contribution in [3.63, 3.8) is 0 Å². The molecule has 1 N–H and O–H groups in total. The summed E-state index contributed by atoms with van der Waals surface area (Å²) in [5, 5.41) is 2.78. The van der Waals surface area contributed by atoms with Crippen LogP contribution in [-0.4, -0.2) is 16.5 Å². The van der Waals surface area contributed by atoms with Gasteiger partial charge < -0.3 is 5.32 Å². The van der Waals surface area contributed by atoms with Crippen LogP contribution in [0.4, 0.5) is 5.69 Å². The molecular formula is C13H16BrNO2. The molecule has 1 amide bonds. The lowest BCUT2D eigenvalue weighted by Gasteiger charge is -2.14. The molecule has 4 heteroatoms. The molecule has 1 unspecified atom stereocenters. The summed E-state index contributed by atoms with van der Waals surface area (Å²) in [5.41, 5.74) is 1.24. The van der Waals surface area contributed by atoms with Crippen molar-refractivity contribution in [3.05, 3.63) is 29.8 Å². The summed E-state index contributed by atoms with van der Waals surface area (Å²) in [7, 11) is 0. The molecule has 0 fully saturated rings. The minimum Gasteiger partial charge on any atom is -0.325 e. The van der Waals surface area contributed by atoms with Gasteiger partial charge >= 0.3 is 0 Å². The fourth-order valence-corrected chi connectivity index (χ4v) is 1.44. The predicted octanol–water partition coefficient (Wildman–Crippen LogP) is 3.25. The zero-order valence-electron chi connectivity index (χ0n) is 10.2. The smallest absolute Gasteiger partial charge is 0.238 e. The Balaban J connectivity index is 2.78. The van der Waals surface area contributed by atoms with E-state index >= 15 is 0 Å². The van der Waals surface area contributed by atoms with Crippen molar-refractivity contribution in [2.75, 3.05) is 5.32 Å². The summed E-state index contributed by atoms with van der Waals surface area (Å²) < 4.78 is 0. The maximum Gasteiger partial charge on any atom is 0.238 e. The van der Waals surface area contributed by atoms with E-state index in [1.165, 1.54) is 6.92 Å². The number of carbonyl (C=O) groups excluding carboxylic acids is 2. The van der Waals surface area contributed by atoms with Crippen LogP contribution in [0, 0.1) is 5.92 Å². The van der Waals surface area contributed by atoms with Crippen LogP contribution in [0.2, 0.25) is 0 Å². The Labute approximate surface area is 110 Å². The maximum absolute atomic E-state index is 11.8. The van der Waals surface area contributed by atoms with Gasteiger partial charge in [0.05, 0.1) is 4.83 Å². The standard InChI is InChI=1S/C13H16BrNO2/c1-8(2)12(14)13(17)15-11-6-4-5-10(7-11)9(3)16/h4-8,12H,1-3H3,(H,15,17). The third-order valence-electron chi connectivity index (χ3n) is 2.37. The lowest BCUT2D eigenvalue weighted by atomic mass is 10.1. The van der Waals surface area contributed by atoms with E-state index in [1.807, 2.05) is 13.8 Å². The van der Waals surface area contributed by atoms with Crippen molar-refractivity contribution in [2.45, 2.75) is 25.6 Å². The van der Waals surface area contributed by atoms with Gasteiger partial charge in [0.25, 0.3) is 0 Å². The Morgan fingerprint density at radius 3 is 2.47 bits per heavy atom. The number of hydrogen-bond acceptors (Lipinski definition) is 2. The van der Waals surface area contributed by atoms with Crippen LogP contribution < -0.4 is 5.32 Å². The van der Waals surface area contributed by atoms with E-state index in [4.69, 9.17) is 0 Å². The van der Waals surface area contributed by atoms with Crippen LogP contribution in [0.25, 0.3) is 0 Å². The van der Waals surface area contributed by atoms with Gasteiger partial charge in [-0.1, -0.05) is 41.9 Å². The van der Waals surface area contributed by atoms with E-state index in [2.05, 4.69) is 21.2 Å². The lowest BCUT2D eigenvalue weighted by Crippen LogP contribution is -2.27. The van der Waals surface area contributed by atoms with Crippen molar-refractivity contribution in [1.29, 1.82) is 0 Å². The van der Waals surface area contributed by atoms with Gasteiger partial charge in [-0.15, -0.1) is 0 Å². The number of nitrogens with one attached hydrogen (secondary N) is 1. The molecule has 1 aromatic carbocycles. The topological polar surface area (TPSA) is 46.2 Å². The maximum atomic E-state index is 11.8. The van der Waals surface area contributed by atoms with E-state index in [0.717, 1.165) is 0 Å². The second kappa shape index (κ2) is 5.96. The Bertz CT molecular complexity index is 429. The van der Waals surface area contributed by atoms with Gasteiger partial charge in [0, 0.05) is 11.3 Å². The molecular weight excluding hydrogens is 282 g/mol. The summed E-state index contributed by atoms with van der Waals surface area (Å²) >= 11 is 3.33.